The number of carbonyl (C=O) groups excluding carboxylic acids is 1. The fourth-order valence-electron chi connectivity index (χ4n) is 2.19. The number of halogens is 3. The number of nitrogens with one attached hydrogen (secondary N) is 2. The van der Waals surface area contributed by atoms with Crippen molar-refractivity contribution in [2.75, 3.05) is 0 Å². The molecule has 2 N–H and O–H groups in total. The van der Waals surface area contributed by atoms with Gasteiger partial charge in [0.1, 0.15) is 5.69 Å². The summed E-state index contributed by atoms with van der Waals surface area (Å²) in [7, 11) is 0. The topological polar surface area (TPSA) is 70.1 Å². The Bertz CT molecular complexity index is 980. The van der Waals surface area contributed by atoms with Gasteiger partial charge in [-0.15, -0.1) is 0 Å². The maximum Gasteiger partial charge on any atom is 0.289 e. The van der Waals surface area contributed by atoms with E-state index in [4.69, 9.17) is 34.8 Å². The van der Waals surface area contributed by atoms with Crippen LogP contribution in [0.3, 0.4) is 0 Å². The van der Waals surface area contributed by atoms with Crippen LogP contribution in [-0.2, 0) is 0 Å². The fraction of sp³-hybridized carbons (Fsp3) is 0.0556. The van der Waals surface area contributed by atoms with Crippen LogP contribution in [0.1, 0.15) is 23.0 Å². The quantitative estimate of drug-likeness (QED) is 0.461. The van der Waals surface area contributed by atoms with Crippen LogP contribution in [0.5, 0.6) is 0 Å². The van der Waals surface area contributed by atoms with Crippen molar-refractivity contribution in [3.05, 3.63) is 74.9 Å². The van der Waals surface area contributed by atoms with Gasteiger partial charge in [0.25, 0.3) is 5.91 Å². The zero-order valence-electron chi connectivity index (χ0n) is 13.6. The van der Waals surface area contributed by atoms with E-state index in [1.165, 1.54) is 0 Å². The van der Waals surface area contributed by atoms with Crippen molar-refractivity contribution in [1.82, 2.24) is 15.6 Å². The average Bonchev–Trinajstić information content (AvgIpc) is 3.12. The third-order valence-corrected chi connectivity index (χ3v) is 4.62. The third-order valence-electron chi connectivity index (χ3n) is 3.63. The molecule has 1 amide bonds. The molecule has 0 saturated heterocycles. The Balaban J connectivity index is 1.72. The van der Waals surface area contributed by atoms with Gasteiger partial charge in [-0.2, -0.15) is 10.2 Å². The average molecular weight is 408 g/mol. The van der Waals surface area contributed by atoms with Crippen molar-refractivity contribution in [3.63, 3.8) is 0 Å². The van der Waals surface area contributed by atoms with Crippen LogP contribution in [0, 0.1) is 0 Å². The van der Waals surface area contributed by atoms with E-state index in [0.29, 0.717) is 32.2 Å². The Labute approximate surface area is 165 Å². The van der Waals surface area contributed by atoms with Gasteiger partial charge >= 0.3 is 0 Å². The van der Waals surface area contributed by atoms with E-state index < -0.39 is 5.91 Å². The number of aromatic amines is 1. The standard InChI is InChI=1S/C18H13Cl3N4O/c1-10(12-4-7-14(20)15(21)8-12)22-25-18(26)17-9-16(23-24-17)11-2-5-13(19)6-3-11/h2-9H,1H3,(H,23,24)(H,25,26)/b22-10-. The SMILES string of the molecule is C/C(=N/NC(=O)c1cc(-c2ccc(Cl)cc2)n[nH]1)c1ccc(Cl)c(Cl)c1. The minimum atomic E-state index is -0.405. The van der Waals surface area contributed by atoms with E-state index in [1.807, 2.05) is 12.1 Å². The van der Waals surface area contributed by atoms with Crippen LogP contribution in [0.4, 0.5) is 0 Å². The lowest BCUT2D eigenvalue weighted by Crippen LogP contribution is -2.19. The first-order valence-corrected chi connectivity index (χ1v) is 8.69. The van der Waals surface area contributed by atoms with E-state index in [0.717, 1.165) is 11.1 Å². The predicted molar refractivity (Wildman–Crippen MR) is 105 cm³/mol. The van der Waals surface area contributed by atoms with E-state index in [9.17, 15) is 4.79 Å². The van der Waals surface area contributed by atoms with Gasteiger partial charge in [0, 0.05) is 10.6 Å². The Morgan fingerprint density at radius 3 is 2.46 bits per heavy atom. The first-order chi connectivity index (χ1) is 12.4. The van der Waals surface area contributed by atoms with Crippen molar-refractivity contribution in [2.45, 2.75) is 6.92 Å². The molecule has 0 radical (unpaired) electrons. The summed E-state index contributed by atoms with van der Waals surface area (Å²) >= 11 is 17.8. The second-order valence-corrected chi connectivity index (χ2v) is 6.69. The Morgan fingerprint density at radius 1 is 1.04 bits per heavy atom. The molecule has 0 saturated carbocycles. The second kappa shape index (κ2) is 7.91. The van der Waals surface area contributed by atoms with Gasteiger partial charge in [-0.3, -0.25) is 9.89 Å². The predicted octanol–water partition coefficient (Wildman–Crippen LogP) is 5.19. The number of carbonyl (C=O) groups is 1. The highest BCUT2D eigenvalue weighted by Crippen LogP contribution is 2.23. The molecular weight excluding hydrogens is 395 g/mol. The molecule has 5 nitrogen and oxygen atoms in total. The van der Waals surface area contributed by atoms with Gasteiger partial charge in [-0.25, -0.2) is 5.43 Å². The van der Waals surface area contributed by atoms with E-state index >= 15 is 0 Å². The molecule has 3 aromatic rings. The van der Waals surface area contributed by atoms with Gasteiger partial charge in [-0.05, 0) is 42.8 Å². The molecule has 0 atom stereocenters. The van der Waals surface area contributed by atoms with E-state index in [-0.39, 0.29) is 0 Å². The summed E-state index contributed by atoms with van der Waals surface area (Å²) in [5.41, 5.74) is 5.61. The summed E-state index contributed by atoms with van der Waals surface area (Å²) in [5.74, 6) is -0.405. The highest BCUT2D eigenvalue weighted by molar-refractivity contribution is 6.42. The maximum absolute atomic E-state index is 12.2. The molecule has 132 valence electrons. The molecule has 2 aromatic carbocycles. The normalized spacial score (nSPS) is 11.5. The number of aromatic nitrogens is 2. The monoisotopic (exact) mass is 406 g/mol. The van der Waals surface area contributed by atoms with E-state index in [2.05, 4.69) is 20.7 Å². The number of amides is 1. The van der Waals surface area contributed by atoms with Crippen molar-refractivity contribution >= 4 is 46.4 Å². The van der Waals surface area contributed by atoms with Gasteiger partial charge < -0.3 is 0 Å². The van der Waals surface area contributed by atoms with Crippen LogP contribution in [-0.4, -0.2) is 21.8 Å². The number of nitrogens with zero attached hydrogens (tertiary/aromatic N) is 2. The molecule has 0 aliphatic carbocycles. The zero-order valence-corrected chi connectivity index (χ0v) is 15.8. The molecule has 26 heavy (non-hydrogen) atoms. The summed E-state index contributed by atoms with van der Waals surface area (Å²) < 4.78 is 0. The van der Waals surface area contributed by atoms with Crippen LogP contribution < -0.4 is 5.43 Å². The van der Waals surface area contributed by atoms with Crippen molar-refractivity contribution in [3.8, 4) is 11.3 Å². The number of benzene rings is 2. The van der Waals surface area contributed by atoms with Crippen LogP contribution in [0.2, 0.25) is 15.1 Å². The lowest BCUT2D eigenvalue weighted by Gasteiger charge is -2.03. The van der Waals surface area contributed by atoms with Crippen LogP contribution >= 0.6 is 34.8 Å². The molecule has 0 bridgehead atoms. The van der Waals surface area contributed by atoms with Gasteiger partial charge in [-0.1, -0.05) is 53.0 Å². The maximum atomic E-state index is 12.2. The molecule has 1 heterocycles. The molecule has 1 aromatic heterocycles. The minimum Gasteiger partial charge on any atom is -0.272 e. The number of rotatable bonds is 4. The van der Waals surface area contributed by atoms with Crippen LogP contribution in [0.15, 0.2) is 53.6 Å². The zero-order chi connectivity index (χ0) is 18.7. The lowest BCUT2D eigenvalue weighted by molar-refractivity contribution is 0.0950. The number of hydrazone groups is 1. The molecule has 0 aliphatic rings. The molecule has 0 unspecified atom stereocenters. The van der Waals surface area contributed by atoms with Crippen molar-refractivity contribution in [2.24, 2.45) is 5.10 Å². The van der Waals surface area contributed by atoms with Gasteiger partial charge in [0.15, 0.2) is 0 Å². The van der Waals surface area contributed by atoms with Crippen molar-refractivity contribution < 1.29 is 4.79 Å². The first-order valence-electron chi connectivity index (χ1n) is 7.55. The fourth-order valence-corrected chi connectivity index (χ4v) is 2.61. The largest absolute Gasteiger partial charge is 0.289 e. The Morgan fingerprint density at radius 2 is 1.77 bits per heavy atom. The highest BCUT2D eigenvalue weighted by atomic mass is 35.5. The third kappa shape index (κ3) is 4.25. The molecule has 0 fully saturated rings. The van der Waals surface area contributed by atoms with E-state index in [1.54, 1.807) is 43.3 Å². The smallest absolute Gasteiger partial charge is 0.272 e. The summed E-state index contributed by atoms with van der Waals surface area (Å²) in [6, 6.07) is 13.9. The Hall–Kier alpha value is -2.34. The highest BCUT2D eigenvalue weighted by Gasteiger charge is 2.11. The molecular formula is C18H13Cl3N4O. The molecule has 0 spiro atoms. The first kappa shape index (κ1) is 18.5. The molecule has 3 rings (SSSR count). The summed E-state index contributed by atoms with van der Waals surface area (Å²) in [6.07, 6.45) is 0. The summed E-state index contributed by atoms with van der Waals surface area (Å²) in [6.45, 7) is 1.76. The lowest BCUT2D eigenvalue weighted by atomic mass is 10.1. The summed E-state index contributed by atoms with van der Waals surface area (Å²) in [4.78, 5) is 12.2. The van der Waals surface area contributed by atoms with Crippen LogP contribution in [0.25, 0.3) is 11.3 Å². The number of hydrogen-bond donors (Lipinski definition) is 2. The number of H-pyrrole nitrogens is 1. The summed E-state index contributed by atoms with van der Waals surface area (Å²) in [5, 5.41) is 12.4. The minimum absolute atomic E-state index is 0.292. The Kier molecular flexibility index (Phi) is 5.61. The molecule has 8 heteroatoms. The number of hydrogen-bond acceptors (Lipinski definition) is 3. The molecule has 0 aliphatic heterocycles. The van der Waals surface area contributed by atoms with Gasteiger partial charge in [0.2, 0.25) is 0 Å². The second-order valence-electron chi connectivity index (χ2n) is 5.44. The van der Waals surface area contributed by atoms with Gasteiger partial charge in [0.05, 0.1) is 21.5 Å². The van der Waals surface area contributed by atoms with Crippen molar-refractivity contribution in [1.29, 1.82) is 0 Å².